The van der Waals surface area contributed by atoms with Crippen LogP contribution in [-0.2, 0) is 19.5 Å². The third kappa shape index (κ3) is 4.55. The fourth-order valence-corrected chi connectivity index (χ4v) is 3.41. The molecule has 0 radical (unpaired) electrons. The van der Waals surface area contributed by atoms with Gasteiger partial charge in [0.05, 0.1) is 6.54 Å². The summed E-state index contributed by atoms with van der Waals surface area (Å²) in [5.74, 6) is 1.26. The van der Waals surface area contributed by atoms with Crippen LogP contribution in [0.2, 0.25) is 0 Å². The Labute approximate surface area is 163 Å². The molecule has 1 aliphatic rings. The predicted molar refractivity (Wildman–Crippen MR) is 105 cm³/mol. The third-order valence-corrected chi connectivity index (χ3v) is 4.83. The molecule has 2 heterocycles. The number of aromatic nitrogens is 2. The van der Waals surface area contributed by atoms with E-state index in [1.54, 1.807) is 0 Å². The number of nitrogens with zero attached hydrogens (tertiary/aromatic N) is 2. The van der Waals surface area contributed by atoms with Gasteiger partial charge in [0.2, 0.25) is 5.89 Å². The van der Waals surface area contributed by atoms with Crippen LogP contribution >= 0.6 is 0 Å². The summed E-state index contributed by atoms with van der Waals surface area (Å²) in [6, 6.07) is 18.0. The molecule has 3 aromatic rings. The maximum Gasteiger partial charge on any atom is 0.315 e. The number of rotatable bonds is 6. The number of benzene rings is 2. The highest BCUT2D eigenvalue weighted by atomic mass is 16.5. The Kier molecular flexibility index (Phi) is 5.63. The second kappa shape index (κ2) is 8.67. The highest BCUT2D eigenvalue weighted by Gasteiger charge is 2.20. The van der Waals surface area contributed by atoms with Gasteiger partial charge in [-0.05, 0) is 16.7 Å². The van der Waals surface area contributed by atoms with Gasteiger partial charge in [0.25, 0.3) is 0 Å². The van der Waals surface area contributed by atoms with E-state index in [2.05, 4.69) is 38.2 Å². The van der Waals surface area contributed by atoms with E-state index in [0.717, 1.165) is 18.7 Å². The Bertz CT molecular complexity index is 925. The van der Waals surface area contributed by atoms with Crippen LogP contribution in [0.15, 0.2) is 59.1 Å². The molecule has 1 aromatic heterocycles. The lowest BCUT2D eigenvalue weighted by atomic mass is 9.91. The molecule has 0 spiro atoms. The maximum atomic E-state index is 12.1. The lowest BCUT2D eigenvalue weighted by Crippen LogP contribution is -2.41. The minimum Gasteiger partial charge on any atom is -0.337 e. The lowest BCUT2D eigenvalue weighted by molar-refractivity contribution is 0.237. The first-order chi connectivity index (χ1) is 13.8. The van der Waals surface area contributed by atoms with Crippen molar-refractivity contribution in [1.29, 1.82) is 0 Å². The van der Waals surface area contributed by atoms with Crippen molar-refractivity contribution in [3.63, 3.8) is 0 Å². The van der Waals surface area contributed by atoms with Gasteiger partial charge < -0.3 is 20.5 Å². The Hall–Kier alpha value is -3.19. The molecule has 7 nitrogen and oxygen atoms in total. The fourth-order valence-electron chi connectivity index (χ4n) is 3.41. The smallest absolute Gasteiger partial charge is 0.315 e. The number of carbonyl (C=O) groups is 1. The van der Waals surface area contributed by atoms with E-state index >= 15 is 0 Å². The van der Waals surface area contributed by atoms with Crippen LogP contribution in [0.25, 0.3) is 0 Å². The van der Waals surface area contributed by atoms with E-state index in [4.69, 9.17) is 4.52 Å². The molecular formula is C21H23N5O2. The molecule has 7 heteroatoms. The van der Waals surface area contributed by atoms with Crippen LogP contribution in [0.5, 0.6) is 0 Å². The van der Waals surface area contributed by atoms with Crippen molar-refractivity contribution in [3.8, 4) is 0 Å². The van der Waals surface area contributed by atoms with Crippen molar-refractivity contribution < 1.29 is 9.32 Å². The van der Waals surface area contributed by atoms with E-state index in [1.165, 1.54) is 11.1 Å². The van der Waals surface area contributed by atoms with Gasteiger partial charge in [0, 0.05) is 32.0 Å². The summed E-state index contributed by atoms with van der Waals surface area (Å²) in [7, 11) is 0. The van der Waals surface area contributed by atoms with Crippen molar-refractivity contribution in [2.24, 2.45) is 0 Å². The predicted octanol–water partition coefficient (Wildman–Crippen LogP) is 2.35. The normalized spacial score (nSPS) is 15.6. The number of nitrogens with one attached hydrogen (secondary N) is 3. The van der Waals surface area contributed by atoms with Crippen molar-refractivity contribution in [2.45, 2.75) is 25.4 Å². The molecule has 1 aliphatic heterocycles. The van der Waals surface area contributed by atoms with E-state index in [9.17, 15) is 4.79 Å². The van der Waals surface area contributed by atoms with E-state index in [-0.39, 0.29) is 18.5 Å². The van der Waals surface area contributed by atoms with Crippen molar-refractivity contribution in [2.75, 3.05) is 13.1 Å². The summed E-state index contributed by atoms with van der Waals surface area (Å²) in [6.07, 6.45) is 0.602. The number of urea groups is 1. The van der Waals surface area contributed by atoms with Gasteiger partial charge in [-0.25, -0.2) is 4.79 Å². The number of amides is 2. The molecule has 1 atom stereocenters. The Morgan fingerprint density at radius 3 is 2.82 bits per heavy atom. The Morgan fingerprint density at radius 2 is 1.93 bits per heavy atom. The monoisotopic (exact) mass is 377 g/mol. The molecular weight excluding hydrogens is 354 g/mol. The van der Waals surface area contributed by atoms with Crippen LogP contribution in [-0.4, -0.2) is 29.3 Å². The summed E-state index contributed by atoms with van der Waals surface area (Å²) in [5, 5.41) is 13.1. The summed E-state index contributed by atoms with van der Waals surface area (Å²) in [5.41, 5.74) is 3.70. The minimum atomic E-state index is -0.245. The van der Waals surface area contributed by atoms with Crippen LogP contribution < -0.4 is 16.0 Å². The average Bonchev–Trinajstić information content (AvgIpc) is 3.18. The molecule has 0 aliphatic carbocycles. The first-order valence-corrected chi connectivity index (χ1v) is 9.43. The molecule has 144 valence electrons. The zero-order valence-corrected chi connectivity index (χ0v) is 15.5. The fraction of sp³-hybridized carbons (Fsp3) is 0.286. The molecule has 4 rings (SSSR count). The molecule has 3 N–H and O–H groups in total. The summed E-state index contributed by atoms with van der Waals surface area (Å²) < 4.78 is 5.21. The number of hydrogen-bond acceptors (Lipinski definition) is 5. The average molecular weight is 377 g/mol. The van der Waals surface area contributed by atoms with Gasteiger partial charge >= 0.3 is 6.03 Å². The van der Waals surface area contributed by atoms with Gasteiger partial charge in [-0.1, -0.05) is 59.8 Å². The van der Waals surface area contributed by atoms with Crippen molar-refractivity contribution in [1.82, 2.24) is 26.1 Å². The first kappa shape index (κ1) is 18.2. The van der Waals surface area contributed by atoms with Crippen LogP contribution in [0.4, 0.5) is 4.79 Å². The van der Waals surface area contributed by atoms with Gasteiger partial charge in [-0.2, -0.15) is 4.98 Å². The quantitative estimate of drug-likeness (QED) is 0.613. The number of hydrogen-bond donors (Lipinski definition) is 3. The van der Waals surface area contributed by atoms with Gasteiger partial charge in [-0.3, -0.25) is 0 Å². The molecule has 1 unspecified atom stereocenters. The van der Waals surface area contributed by atoms with Crippen LogP contribution in [0.1, 0.15) is 34.3 Å². The van der Waals surface area contributed by atoms with Crippen molar-refractivity contribution in [3.05, 3.63) is 83.0 Å². The standard InChI is InChI=1S/C21H23N5O2/c27-21(23-13-17-12-22-11-16-8-4-5-9-18(16)17)24-14-20-25-19(26-28-20)10-15-6-2-1-3-7-15/h1-9,17,22H,10-14H2,(H2,23,24,27). The van der Waals surface area contributed by atoms with E-state index < -0.39 is 0 Å². The molecule has 2 aromatic carbocycles. The third-order valence-electron chi connectivity index (χ3n) is 4.83. The van der Waals surface area contributed by atoms with Gasteiger partial charge in [0.1, 0.15) is 0 Å². The topological polar surface area (TPSA) is 92.1 Å². The molecule has 0 saturated carbocycles. The number of fused-ring (bicyclic) bond motifs is 1. The lowest BCUT2D eigenvalue weighted by Gasteiger charge is -2.26. The minimum absolute atomic E-state index is 0.202. The van der Waals surface area contributed by atoms with E-state index in [1.807, 2.05) is 42.5 Å². The Morgan fingerprint density at radius 1 is 1.11 bits per heavy atom. The zero-order chi connectivity index (χ0) is 19.2. The summed E-state index contributed by atoms with van der Waals surface area (Å²) in [4.78, 5) is 16.5. The number of carbonyl (C=O) groups excluding carboxylic acids is 1. The molecule has 0 bridgehead atoms. The summed E-state index contributed by atoms with van der Waals surface area (Å²) >= 11 is 0. The second-order valence-corrected chi connectivity index (χ2v) is 6.86. The largest absolute Gasteiger partial charge is 0.337 e. The van der Waals surface area contributed by atoms with Crippen LogP contribution in [0.3, 0.4) is 0 Å². The maximum absolute atomic E-state index is 12.1. The van der Waals surface area contributed by atoms with Crippen molar-refractivity contribution >= 4 is 6.03 Å². The highest BCUT2D eigenvalue weighted by molar-refractivity contribution is 5.73. The van der Waals surface area contributed by atoms with Gasteiger partial charge in [-0.15, -0.1) is 0 Å². The second-order valence-electron chi connectivity index (χ2n) is 6.86. The Balaban J connectivity index is 1.24. The van der Waals surface area contributed by atoms with E-state index in [0.29, 0.717) is 24.7 Å². The summed E-state index contributed by atoms with van der Waals surface area (Å²) in [6.45, 7) is 2.50. The van der Waals surface area contributed by atoms with Crippen LogP contribution in [0, 0.1) is 0 Å². The highest BCUT2D eigenvalue weighted by Crippen LogP contribution is 2.22. The first-order valence-electron chi connectivity index (χ1n) is 9.43. The molecule has 0 fully saturated rings. The molecule has 0 saturated heterocycles. The zero-order valence-electron chi connectivity index (χ0n) is 15.5. The SMILES string of the molecule is O=C(NCc1nc(Cc2ccccc2)no1)NCC1CNCc2ccccc21. The molecule has 2 amide bonds. The molecule has 28 heavy (non-hydrogen) atoms. The van der Waals surface area contributed by atoms with Gasteiger partial charge in [0.15, 0.2) is 5.82 Å².